The zero-order valence-electron chi connectivity index (χ0n) is 14.3. The molecule has 0 aliphatic heterocycles. The van der Waals surface area contributed by atoms with Gasteiger partial charge in [-0.05, 0) is 36.4 Å². The van der Waals surface area contributed by atoms with Crippen LogP contribution in [0, 0.1) is 0 Å². The Bertz CT molecular complexity index is 1090. The number of fused-ring (bicyclic) bond motifs is 1. The highest BCUT2D eigenvalue weighted by atomic mass is 16.3. The maximum atomic E-state index is 12.7. The first-order valence-electron chi connectivity index (χ1n) is 8.36. The van der Waals surface area contributed by atoms with Crippen molar-refractivity contribution in [2.24, 2.45) is 0 Å². The molecule has 0 spiro atoms. The maximum absolute atomic E-state index is 12.7. The number of nitrogens with one attached hydrogen (secondary N) is 2. The molecule has 27 heavy (non-hydrogen) atoms. The van der Waals surface area contributed by atoms with Crippen molar-refractivity contribution in [3.8, 4) is 0 Å². The van der Waals surface area contributed by atoms with E-state index < -0.39 is 5.91 Å². The van der Waals surface area contributed by atoms with Crippen molar-refractivity contribution in [3.05, 3.63) is 90.4 Å². The Balaban J connectivity index is 1.62. The molecule has 4 rings (SSSR count). The van der Waals surface area contributed by atoms with Gasteiger partial charge in [-0.2, -0.15) is 0 Å². The molecule has 0 atom stereocenters. The summed E-state index contributed by atoms with van der Waals surface area (Å²) in [7, 11) is 0. The second kappa shape index (κ2) is 7.17. The van der Waals surface area contributed by atoms with Crippen molar-refractivity contribution in [1.29, 1.82) is 0 Å². The van der Waals surface area contributed by atoms with Crippen molar-refractivity contribution in [1.82, 2.24) is 14.7 Å². The number of carbonyl (C=O) groups excluding carboxylic acids is 2. The van der Waals surface area contributed by atoms with E-state index in [-0.39, 0.29) is 24.0 Å². The van der Waals surface area contributed by atoms with Crippen molar-refractivity contribution in [2.45, 2.75) is 6.54 Å². The maximum Gasteiger partial charge on any atom is 0.288 e. The van der Waals surface area contributed by atoms with Gasteiger partial charge in [0.25, 0.3) is 11.8 Å². The number of anilines is 1. The van der Waals surface area contributed by atoms with E-state index in [1.165, 1.54) is 0 Å². The summed E-state index contributed by atoms with van der Waals surface area (Å²) in [6, 6.07) is 17.9. The lowest BCUT2D eigenvalue weighted by molar-refractivity contribution is 0.0937. The molecular weight excluding hydrogens is 344 g/mol. The van der Waals surface area contributed by atoms with Gasteiger partial charge in [-0.15, -0.1) is 0 Å². The highest BCUT2D eigenvalue weighted by molar-refractivity contribution is 6.08. The zero-order chi connectivity index (χ0) is 18.6. The van der Waals surface area contributed by atoms with Crippen LogP contribution < -0.4 is 10.6 Å². The number of imidazole rings is 1. The molecule has 0 aliphatic carbocycles. The molecule has 0 unspecified atom stereocenters. The van der Waals surface area contributed by atoms with Crippen LogP contribution in [0.15, 0.2) is 77.5 Å². The summed E-state index contributed by atoms with van der Waals surface area (Å²) in [5.41, 5.74) is 1.39. The van der Waals surface area contributed by atoms with E-state index in [4.69, 9.17) is 4.42 Å². The first-order chi connectivity index (χ1) is 13.2. The third-order valence-corrected chi connectivity index (χ3v) is 4.00. The fourth-order valence-corrected chi connectivity index (χ4v) is 2.74. The molecule has 134 valence electrons. The number of hydrogen-bond donors (Lipinski definition) is 2. The topological polar surface area (TPSA) is 88.6 Å². The number of amides is 2. The van der Waals surface area contributed by atoms with E-state index in [0.29, 0.717) is 17.0 Å². The van der Waals surface area contributed by atoms with Gasteiger partial charge < -0.3 is 15.1 Å². The molecule has 2 N–H and O–H groups in total. The fourth-order valence-electron chi connectivity index (χ4n) is 2.74. The molecule has 0 saturated heterocycles. The van der Waals surface area contributed by atoms with E-state index in [1.54, 1.807) is 59.3 Å². The van der Waals surface area contributed by atoms with Gasteiger partial charge in [0.15, 0.2) is 5.69 Å². The van der Waals surface area contributed by atoms with Gasteiger partial charge in [-0.3, -0.25) is 14.0 Å². The molecule has 7 nitrogen and oxygen atoms in total. The normalized spacial score (nSPS) is 10.7. The number of para-hydroxylation sites is 1. The predicted molar refractivity (Wildman–Crippen MR) is 99.5 cm³/mol. The van der Waals surface area contributed by atoms with Gasteiger partial charge in [-0.25, -0.2) is 4.98 Å². The van der Waals surface area contributed by atoms with Crippen LogP contribution in [0.3, 0.4) is 0 Å². The number of hydrogen-bond acceptors (Lipinski definition) is 4. The average Bonchev–Trinajstić information content (AvgIpc) is 3.35. The summed E-state index contributed by atoms with van der Waals surface area (Å²) >= 11 is 0. The van der Waals surface area contributed by atoms with Crippen molar-refractivity contribution in [3.63, 3.8) is 0 Å². The Hall–Kier alpha value is -3.87. The molecule has 0 saturated carbocycles. The van der Waals surface area contributed by atoms with Crippen LogP contribution in [-0.4, -0.2) is 21.2 Å². The Morgan fingerprint density at radius 2 is 1.78 bits per heavy atom. The van der Waals surface area contributed by atoms with E-state index in [9.17, 15) is 9.59 Å². The van der Waals surface area contributed by atoms with E-state index >= 15 is 0 Å². The van der Waals surface area contributed by atoms with Crippen LogP contribution in [0.4, 0.5) is 5.69 Å². The number of nitrogens with zero attached hydrogens (tertiary/aromatic N) is 2. The molecule has 0 aliphatic rings. The summed E-state index contributed by atoms with van der Waals surface area (Å²) < 4.78 is 6.81. The van der Waals surface area contributed by atoms with E-state index in [1.807, 2.05) is 18.2 Å². The molecule has 3 aromatic heterocycles. The molecule has 0 fully saturated rings. The summed E-state index contributed by atoms with van der Waals surface area (Å²) in [5.74, 6) is -0.0111. The number of benzene rings is 1. The second-order valence-corrected chi connectivity index (χ2v) is 5.82. The molecule has 2 amide bonds. The van der Waals surface area contributed by atoms with E-state index in [0.717, 1.165) is 0 Å². The number of rotatable bonds is 5. The Morgan fingerprint density at radius 3 is 2.56 bits per heavy atom. The number of aromatic nitrogens is 2. The molecular formula is C20H16N4O3. The standard InChI is InChI=1S/C20H16N4O3/c25-19(22-14-7-2-1-3-8-14)17-16-10-4-5-11-24(16)18(23-17)20(26)21-13-15-9-6-12-27-15/h1-12H,13H2,(H,21,26)(H,22,25). The zero-order valence-corrected chi connectivity index (χ0v) is 14.3. The predicted octanol–water partition coefficient (Wildman–Crippen LogP) is 3.11. The third kappa shape index (κ3) is 3.43. The van der Waals surface area contributed by atoms with Crippen LogP contribution in [-0.2, 0) is 6.54 Å². The SMILES string of the molecule is O=C(Nc1ccccc1)c1nc(C(=O)NCc2ccco2)n2ccccc12. The Kier molecular flexibility index (Phi) is 4.40. The number of pyridine rings is 1. The van der Waals surface area contributed by atoms with Crippen LogP contribution in [0.2, 0.25) is 0 Å². The van der Waals surface area contributed by atoms with Crippen molar-refractivity contribution < 1.29 is 14.0 Å². The summed E-state index contributed by atoms with van der Waals surface area (Å²) in [4.78, 5) is 29.5. The van der Waals surface area contributed by atoms with Gasteiger partial charge in [0.05, 0.1) is 18.3 Å². The summed E-state index contributed by atoms with van der Waals surface area (Å²) in [6.07, 6.45) is 3.24. The molecule has 1 aromatic carbocycles. The van der Waals surface area contributed by atoms with Gasteiger partial charge in [0.2, 0.25) is 5.82 Å². The highest BCUT2D eigenvalue weighted by Gasteiger charge is 2.21. The molecule has 3 heterocycles. The third-order valence-electron chi connectivity index (χ3n) is 4.00. The molecule has 0 bridgehead atoms. The quantitative estimate of drug-likeness (QED) is 0.572. The highest BCUT2D eigenvalue weighted by Crippen LogP contribution is 2.16. The van der Waals surface area contributed by atoms with Gasteiger partial charge >= 0.3 is 0 Å². The van der Waals surface area contributed by atoms with Crippen LogP contribution in [0.1, 0.15) is 26.9 Å². The number of carbonyl (C=O) groups is 2. The van der Waals surface area contributed by atoms with Crippen molar-refractivity contribution >= 4 is 23.0 Å². The van der Waals surface area contributed by atoms with Gasteiger partial charge in [-0.1, -0.05) is 24.3 Å². The monoisotopic (exact) mass is 360 g/mol. The van der Waals surface area contributed by atoms with Crippen LogP contribution >= 0.6 is 0 Å². The molecule has 4 aromatic rings. The first kappa shape index (κ1) is 16.6. The van der Waals surface area contributed by atoms with Gasteiger partial charge in [0, 0.05) is 11.9 Å². The lowest BCUT2D eigenvalue weighted by atomic mass is 10.3. The van der Waals surface area contributed by atoms with Crippen molar-refractivity contribution in [2.75, 3.05) is 5.32 Å². The number of furan rings is 1. The summed E-state index contributed by atoms with van der Waals surface area (Å²) in [5, 5.41) is 5.54. The Labute approximate surface area is 154 Å². The van der Waals surface area contributed by atoms with Gasteiger partial charge in [0.1, 0.15) is 5.76 Å². The van der Waals surface area contributed by atoms with Crippen LogP contribution in [0.25, 0.3) is 5.52 Å². The minimum absolute atomic E-state index is 0.135. The summed E-state index contributed by atoms with van der Waals surface area (Å²) in [6.45, 7) is 0.235. The Morgan fingerprint density at radius 1 is 0.963 bits per heavy atom. The van der Waals surface area contributed by atoms with E-state index in [2.05, 4.69) is 15.6 Å². The molecule has 7 heteroatoms. The lowest BCUT2D eigenvalue weighted by Crippen LogP contribution is -2.25. The first-order valence-corrected chi connectivity index (χ1v) is 8.36. The molecule has 0 radical (unpaired) electrons. The largest absolute Gasteiger partial charge is 0.467 e. The minimum atomic E-state index is -0.397. The van der Waals surface area contributed by atoms with Crippen LogP contribution in [0.5, 0.6) is 0 Å². The smallest absolute Gasteiger partial charge is 0.288 e. The lowest BCUT2D eigenvalue weighted by Gasteiger charge is -2.02. The second-order valence-electron chi connectivity index (χ2n) is 5.82. The average molecular weight is 360 g/mol. The minimum Gasteiger partial charge on any atom is -0.467 e. The fraction of sp³-hybridized carbons (Fsp3) is 0.0500.